The van der Waals surface area contributed by atoms with Crippen LogP contribution in [0.25, 0.3) is 0 Å². The van der Waals surface area contributed by atoms with Crippen molar-refractivity contribution in [1.29, 1.82) is 0 Å². The summed E-state index contributed by atoms with van der Waals surface area (Å²) < 4.78 is 13.3. The Labute approximate surface area is 65.8 Å². The Hall–Kier alpha value is 0.220. The highest BCUT2D eigenvalue weighted by Gasteiger charge is 2.74. The molecule has 0 N–H and O–H groups in total. The second-order valence-corrected chi connectivity index (χ2v) is 4.39. The van der Waals surface area contributed by atoms with E-state index in [1.165, 1.54) is 6.42 Å². The number of rotatable bonds is 0. The molecule has 0 radical (unpaired) electrons. The average Bonchev–Trinajstić information content (AvgIpc) is 2.30. The van der Waals surface area contributed by atoms with Gasteiger partial charge in [0.05, 0.1) is 0 Å². The molecule has 0 aromatic heterocycles. The van der Waals surface area contributed by atoms with E-state index in [-0.39, 0.29) is 11.3 Å². The van der Waals surface area contributed by atoms with Gasteiger partial charge in [0.2, 0.25) is 0 Å². The summed E-state index contributed by atoms with van der Waals surface area (Å²) in [6.07, 6.45) is 4.30. The Balaban J connectivity index is 2.20. The van der Waals surface area contributed by atoms with Crippen molar-refractivity contribution in [2.75, 3.05) is 0 Å². The lowest BCUT2D eigenvalue weighted by Crippen LogP contribution is -2.06. The highest BCUT2D eigenvalue weighted by atomic mass is 35.5. The molecule has 2 rings (SSSR count). The summed E-state index contributed by atoms with van der Waals surface area (Å²) in [5.74, 6) is 0.162. The lowest BCUT2D eigenvalue weighted by Gasteiger charge is -2.14. The smallest absolute Gasteiger partial charge is 0.192 e. The van der Waals surface area contributed by atoms with Crippen LogP contribution in [-0.4, -0.2) is 5.13 Å². The minimum absolute atomic E-state index is 0.160. The van der Waals surface area contributed by atoms with Gasteiger partial charge in [-0.3, -0.25) is 0 Å². The molecule has 0 unspecified atom stereocenters. The molecule has 2 aliphatic rings. The minimum atomic E-state index is -1.34. The van der Waals surface area contributed by atoms with Crippen LogP contribution < -0.4 is 0 Å². The third kappa shape index (κ3) is 0.578. The van der Waals surface area contributed by atoms with Gasteiger partial charge in [-0.05, 0) is 12.8 Å². The molecule has 2 heteroatoms. The van der Waals surface area contributed by atoms with Crippen LogP contribution in [0.2, 0.25) is 0 Å². The maximum atomic E-state index is 13.3. The molecule has 0 amide bonds. The highest BCUT2D eigenvalue weighted by Crippen LogP contribution is 2.73. The average molecular weight is 163 g/mol. The molecular weight excluding hydrogens is 151 g/mol. The third-order valence-corrected chi connectivity index (χ3v) is 4.02. The second kappa shape index (κ2) is 1.69. The molecular formula is C8H12ClF. The van der Waals surface area contributed by atoms with Crippen LogP contribution >= 0.6 is 11.6 Å². The lowest BCUT2D eigenvalue weighted by molar-refractivity contribution is 0.311. The molecule has 0 saturated heterocycles. The summed E-state index contributed by atoms with van der Waals surface area (Å²) >= 11 is 5.69. The number of alkyl halides is 2. The second-order valence-electron chi connectivity index (χ2n) is 3.84. The summed E-state index contributed by atoms with van der Waals surface area (Å²) in [5.41, 5.74) is -0.160. The van der Waals surface area contributed by atoms with Crippen molar-refractivity contribution in [2.24, 2.45) is 11.3 Å². The third-order valence-electron chi connectivity index (χ3n) is 3.32. The monoisotopic (exact) mass is 162 g/mol. The van der Waals surface area contributed by atoms with E-state index < -0.39 is 5.13 Å². The summed E-state index contributed by atoms with van der Waals surface area (Å²) in [5, 5.41) is -1.34. The zero-order valence-electron chi connectivity index (χ0n) is 6.16. The van der Waals surface area contributed by atoms with Crippen LogP contribution in [0.5, 0.6) is 0 Å². The molecule has 0 aromatic carbocycles. The Morgan fingerprint density at radius 3 is 2.60 bits per heavy atom. The molecule has 0 nitrogen and oxygen atoms in total. The molecule has 2 saturated carbocycles. The SMILES string of the molecule is C[C@]12CCCC[C@H]1[C@@]2(F)Cl. The van der Waals surface area contributed by atoms with Gasteiger partial charge >= 0.3 is 0 Å². The summed E-state index contributed by atoms with van der Waals surface area (Å²) in [4.78, 5) is 0. The maximum absolute atomic E-state index is 13.3. The van der Waals surface area contributed by atoms with E-state index in [2.05, 4.69) is 0 Å². The first-order valence-electron chi connectivity index (χ1n) is 3.97. The maximum Gasteiger partial charge on any atom is 0.192 e. The Morgan fingerprint density at radius 1 is 1.50 bits per heavy atom. The van der Waals surface area contributed by atoms with Crippen LogP contribution in [-0.2, 0) is 0 Å². The number of hydrogen-bond acceptors (Lipinski definition) is 0. The predicted molar refractivity (Wildman–Crippen MR) is 39.8 cm³/mol. The number of hydrogen-bond donors (Lipinski definition) is 0. The van der Waals surface area contributed by atoms with Gasteiger partial charge in [0.1, 0.15) is 0 Å². The minimum Gasteiger partial charge on any atom is -0.225 e. The summed E-state index contributed by atoms with van der Waals surface area (Å²) in [6, 6.07) is 0. The van der Waals surface area contributed by atoms with Crippen molar-refractivity contribution in [3.63, 3.8) is 0 Å². The molecule has 58 valence electrons. The van der Waals surface area contributed by atoms with Gasteiger partial charge in [-0.25, -0.2) is 4.39 Å². The first-order valence-corrected chi connectivity index (χ1v) is 4.35. The fraction of sp³-hybridized carbons (Fsp3) is 1.00. The van der Waals surface area contributed by atoms with E-state index in [0.29, 0.717) is 0 Å². The molecule has 2 fully saturated rings. The Bertz CT molecular complexity index is 167. The highest BCUT2D eigenvalue weighted by molar-refractivity contribution is 6.26. The quantitative estimate of drug-likeness (QED) is 0.481. The van der Waals surface area contributed by atoms with Gasteiger partial charge in [0, 0.05) is 11.3 Å². The topological polar surface area (TPSA) is 0 Å². The van der Waals surface area contributed by atoms with E-state index in [1.54, 1.807) is 0 Å². The van der Waals surface area contributed by atoms with Crippen molar-refractivity contribution in [3.05, 3.63) is 0 Å². The van der Waals surface area contributed by atoms with Gasteiger partial charge in [0.15, 0.2) is 5.13 Å². The molecule has 0 spiro atoms. The van der Waals surface area contributed by atoms with E-state index >= 15 is 0 Å². The van der Waals surface area contributed by atoms with E-state index in [1.807, 2.05) is 6.92 Å². The van der Waals surface area contributed by atoms with Crippen LogP contribution in [0.1, 0.15) is 32.6 Å². The summed E-state index contributed by atoms with van der Waals surface area (Å²) in [7, 11) is 0. The first kappa shape index (κ1) is 6.90. The van der Waals surface area contributed by atoms with Crippen molar-refractivity contribution in [3.8, 4) is 0 Å². The predicted octanol–water partition coefficient (Wildman–Crippen LogP) is 3.10. The van der Waals surface area contributed by atoms with E-state index in [0.717, 1.165) is 19.3 Å². The van der Waals surface area contributed by atoms with Gasteiger partial charge in [-0.2, -0.15) is 0 Å². The van der Waals surface area contributed by atoms with Gasteiger partial charge in [0.25, 0.3) is 0 Å². The van der Waals surface area contributed by atoms with Crippen molar-refractivity contribution < 1.29 is 4.39 Å². The zero-order valence-corrected chi connectivity index (χ0v) is 6.92. The lowest BCUT2D eigenvalue weighted by atomic mass is 9.90. The fourth-order valence-corrected chi connectivity index (χ4v) is 2.88. The van der Waals surface area contributed by atoms with Crippen LogP contribution in [0.3, 0.4) is 0 Å². The Kier molecular flexibility index (Phi) is 1.16. The Morgan fingerprint density at radius 2 is 2.20 bits per heavy atom. The zero-order chi connectivity index (χ0) is 7.41. The molecule has 0 aliphatic heterocycles. The molecule has 2 aliphatic carbocycles. The molecule has 10 heavy (non-hydrogen) atoms. The van der Waals surface area contributed by atoms with Crippen LogP contribution in [0.4, 0.5) is 4.39 Å². The van der Waals surface area contributed by atoms with Gasteiger partial charge in [-0.15, -0.1) is 0 Å². The molecule has 0 bridgehead atoms. The molecule has 0 heterocycles. The van der Waals surface area contributed by atoms with E-state index in [9.17, 15) is 4.39 Å². The fourth-order valence-electron chi connectivity index (χ4n) is 2.36. The largest absolute Gasteiger partial charge is 0.225 e. The number of fused-ring (bicyclic) bond motifs is 1. The van der Waals surface area contributed by atoms with Crippen LogP contribution in [0.15, 0.2) is 0 Å². The van der Waals surface area contributed by atoms with Crippen LogP contribution in [0, 0.1) is 11.3 Å². The van der Waals surface area contributed by atoms with Crippen molar-refractivity contribution in [1.82, 2.24) is 0 Å². The first-order chi connectivity index (χ1) is 4.59. The molecule has 0 aromatic rings. The van der Waals surface area contributed by atoms with Gasteiger partial charge < -0.3 is 0 Å². The van der Waals surface area contributed by atoms with Crippen molar-refractivity contribution >= 4 is 11.6 Å². The molecule has 3 atom stereocenters. The summed E-state index contributed by atoms with van der Waals surface area (Å²) in [6.45, 7) is 1.98. The standard InChI is InChI=1S/C8H12ClF/c1-7-5-3-2-4-6(7)8(7,9)10/h6H,2-5H2,1H3/t6-,7+,8+/m1/s1. The van der Waals surface area contributed by atoms with Gasteiger partial charge in [-0.1, -0.05) is 31.4 Å². The normalized spacial score (nSPS) is 59.7. The van der Waals surface area contributed by atoms with Crippen molar-refractivity contribution in [2.45, 2.75) is 37.7 Å². The van der Waals surface area contributed by atoms with E-state index in [4.69, 9.17) is 11.6 Å². The number of halogens is 2.